The summed E-state index contributed by atoms with van der Waals surface area (Å²) in [6.45, 7) is 0. The Labute approximate surface area is 127 Å². The van der Waals surface area contributed by atoms with Gasteiger partial charge in [0.25, 0.3) is 0 Å². The van der Waals surface area contributed by atoms with Crippen molar-refractivity contribution in [2.24, 2.45) is 0 Å². The zero-order valence-corrected chi connectivity index (χ0v) is 11.7. The molecule has 0 saturated carbocycles. The molecule has 2 N–H and O–H groups in total. The van der Waals surface area contributed by atoms with E-state index in [9.17, 15) is 5.26 Å². The Morgan fingerprint density at radius 3 is 2.76 bits per heavy atom. The van der Waals surface area contributed by atoms with Crippen molar-refractivity contribution in [3.05, 3.63) is 65.4 Å². The first-order valence-corrected chi connectivity index (χ1v) is 6.66. The lowest BCUT2D eigenvalue weighted by atomic mass is 10.1. The van der Waals surface area contributed by atoms with E-state index in [2.05, 4.69) is 11.2 Å². The maximum Gasteiger partial charge on any atom is 0.101 e. The van der Waals surface area contributed by atoms with Gasteiger partial charge in [0.1, 0.15) is 6.07 Å². The van der Waals surface area contributed by atoms with Crippen molar-refractivity contribution in [1.29, 1.82) is 5.26 Å². The molecule has 21 heavy (non-hydrogen) atoms. The standard InChI is InChI=1S/C16H11ClN4/c17-14-5-4-12(8-18)16(7-14)21-10-13(9-20-21)11-2-1-3-15(19)6-11/h1-7,9-10H,19H2. The van der Waals surface area contributed by atoms with Crippen molar-refractivity contribution in [3.8, 4) is 22.9 Å². The van der Waals surface area contributed by atoms with Gasteiger partial charge in [0.15, 0.2) is 0 Å². The minimum atomic E-state index is 0.515. The van der Waals surface area contributed by atoms with E-state index in [0.717, 1.165) is 11.1 Å². The maximum absolute atomic E-state index is 9.18. The summed E-state index contributed by atoms with van der Waals surface area (Å²) < 4.78 is 1.64. The summed E-state index contributed by atoms with van der Waals surface area (Å²) in [7, 11) is 0. The van der Waals surface area contributed by atoms with Gasteiger partial charge in [-0.15, -0.1) is 0 Å². The van der Waals surface area contributed by atoms with E-state index < -0.39 is 0 Å². The molecule has 0 aliphatic carbocycles. The average Bonchev–Trinajstić information content (AvgIpc) is 2.97. The van der Waals surface area contributed by atoms with Crippen LogP contribution in [0, 0.1) is 11.3 Å². The van der Waals surface area contributed by atoms with Crippen LogP contribution in [-0.2, 0) is 0 Å². The first kappa shape index (κ1) is 13.2. The van der Waals surface area contributed by atoms with Gasteiger partial charge in [0.2, 0.25) is 0 Å². The monoisotopic (exact) mass is 294 g/mol. The summed E-state index contributed by atoms with van der Waals surface area (Å²) in [4.78, 5) is 0. The highest BCUT2D eigenvalue weighted by atomic mass is 35.5. The number of nitrogens with zero attached hydrogens (tertiary/aromatic N) is 3. The van der Waals surface area contributed by atoms with Crippen LogP contribution in [0.2, 0.25) is 5.02 Å². The Balaban J connectivity index is 2.07. The van der Waals surface area contributed by atoms with Crippen LogP contribution in [0.3, 0.4) is 0 Å². The highest BCUT2D eigenvalue weighted by Crippen LogP contribution is 2.24. The van der Waals surface area contributed by atoms with Crippen LogP contribution in [0.4, 0.5) is 5.69 Å². The molecular weight excluding hydrogens is 284 g/mol. The lowest BCUT2D eigenvalue weighted by Crippen LogP contribution is -1.97. The van der Waals surface area contributed by atoms with Gasteiger partial charge in [-0.2, -0.15) is 10.4 Å². The number of aromatic nitrogens is 2. The number of anilines is 1. The van der Waals surface area contributed by atoms with E-state index in [0.29, 0.717) is 22.0 Å². The number of benzene rings is 2. The Morgan fingerprint density at radius 1 is 1.14 bits per heavy atom. The fourth-order valence-electron chi connectivity index (χ4n) is 2.11. The third kappa shape index (κ3) is 2.60. The number of nitriles is 1. The smallest absolute Gasteiger partial charge is 0.101 e. The van der Waals surface area contributed by atoms with Gasteiger partial charge in [-0.1, -0.05) is 23.7 Å². The molecule has 0 radical (unpaired) electrons. The van der Waals surface area contributed by atoms with Crippen molar-refractivity contribution in [3.63, 3.8) is 0 Å². The van der Waals surface area contributed by atoms with Gasteiger partial charge >= 0.3 is 0 Å². The lowest BCUT2D eigenvalue weighted by Gasteiger charge is -2.04. The highest BCUT2D eigenvalue weighted by Gasteiger charge is 2.08. The van der Waals surface area contributed by atoms with Gasteiger partial charge in [-0.25, -0.2) is 4.68 Å². The second-order valence-corrected chi connectivity index (χ2v) is 5.01. The normalized spacial score (nSPS) is 10.3. The molecule has 3 rings (SSSR count). The molecule has 3 aromatic rings. The molecule has 1 aromatic heterocycles. The number of halogens is 1. The van der Waals surface area contributed by atoms with Gasteiger partial charge in [0.05, 0.1) is 17.4 Å². The van der Waals surface area contributed by atoms with E-state index in [1.165, 1.54) is 0 Å². The third-order valence-corrected chi connectivity index (χ3v) is 3.36. The predicted octanol–water partition coefficient (Wildman–Crippen LogP) is 3.65. The minimum Gasteiger partial charge on any atom is -0.399 e. The van der Waals surface area contributed by atoms with E-state index in [4.69, 9.17) is 17.3 Å². The number of hydrogen-bond donors (Lipinski definition) is 1. The van der Waals surface area contributed by atoms with Gasteiger partial charge in [-0.05, 0) is 35.9 Å². The average molecular weight is 295 g/mol. The van der Waals surface area contributed by atoms with Crippen LogP contribution in [0.5, 0.6) is 0 Å². The van der Waals surface area contributed by atoms with Gasteiger partial charge in [-0.3, -0.25) is 0 Å². The molecule has 0 bridgehead atoms. The quantitative estimate of drug-likeness (QED) is 0.734. The molecular formula is C16H11ClN4. The molecule has 0 aliphatic rings. The molecule has 5 heteroatoms. The van der Waals surface area contributed by atoms with Crippen LogP contribution < -0.4 is 5.73 Å². The Kier molecular flexibility index (Phi) is 3.35. The first-order valence-electron chi connectivity index (χ1n) is 6.28. The molecule has 0 amide bonds. The fourth-order valence-corrected chi connectivity index (χ4v) is 2.28. The van der Waals surface area contributed by atoms with E-state index in [1.54, 1.807) is 29.1 Å². The topological polar surface area (TPSA) is 67.6 Å². The number of nitrogen functional groups attached to an aromatic ring is 1. The highest BCUT2D eigenvalue weighted by molar-refractivity contribution is 6.30. The molecule has 0 atom stereocenters. The van der Waals surface area contributed by atoms with Gasteiger partial charge in [0, 0.05) is 22.5 Å². The first-order chi connectivity index (χ1) is 10.2. The second kappa shape index (κ2) is 5.31. The molecule has 2 aromatic carbocycles. The Morgan fingerprint density at radius 2 is 2.00 bits per heavy atom. The SMILES string of the molecule is N#Cc1ccc(Cl)cc1-n1cc(-c2cccc(N)c2)cn1. The number of rotatable bonds is 2. The largest absolute Gasteiger partial charge is 0.399 e. The van der Waals surface area contributed by atoms with Crippen LogP contribution >= 0.6 is 11.6 Å². The molecule has 102 valence electrons. The Bertz CT molecular complexity index is 845. The summed E-state index contributed by atoms with van der Waals surface area (Å²) in [5.74, 6) is 0. The lowest BCUT2D eigenvalue weighted by molar-refractivity contribution is 0.877. The van der Waals surface area contributed by atoms with Crippen molar-refractivity contribution in [2.45, 2.75) is 0 Å². The van der Waals surface area contributed by atoms with Crippen LogP contribution in [0.1, 0.15) is 5.56 Å². The van der Waals surface area contributed by atoms with E-state index in [1.807, 2.05) is 30.5 Å². The number of hydrogen-bond acceptors (Lipinski definition) is 3. The van der Waals surface area contributed by atoms with Gasteiger partial charge < -0.3 is 5.73 Å². The molecule has 0 spiro atoms. The van der Waals surface area contributed by atoms with E-state index >= 15 is 0 Å². The van der Waals surface area contributed by atoms with Crippen LogP contribution in [0.25, 0.3) is 16.8 Å². The molecule has 4 nitrogen and oxygen atoms in total. The molecule has 0 fully saturated rings. The zero-order chi connectivity index (χ0) is 14.8. The van der Waals surface area contributed by atoms with Crippen LogP contribution in [0.15, 0.2) is 54.9 Å². The van der Waals surface area contributed by atoms with Crippen molar-refractivity contribution in [1.82, 2.24) is 9.78 Å². The fraction of sp³-hybridized carbons (Fsp3) is 0. The Hall–Kier alpha value is -2.77. The maximum atomic E-state index is 9.18. The summed E-state index contributed by atoms with van der Waals surface area (Å²) in [5, 5.41) is 14.0. The summed E-state index contributed by atoms with van der Waals surface area (Å²) in [5.41, 5.74) is 9.55. The summed E-state index contributed by atoms with van der Waals surface area (Å²) >= 11 is 6.00. The summed E-state index contributed by atoms with van der Waals surface area (Å²) in [6.07, 6.45) is 3.58. The van der Waals surface area contributed by atoms with Crippen molar-refractivity contribution in [2.75, 3.05) is 5.73 Å². The van der Waals surface area contributed by atoms with Crippen molar-refractivity contribution < 1.29 is 0 Å². The van der Waals surface area contributed by atoms with Crippen LogP contribution in [-0.4, -0.2) is 9.78 Å². The summed E-state index contributed by atoms with van der Waals surface area (Å²) in [6, 6.07) is 14.8. The predicted molar refractivity (Wildman–Crippen MR) is 83.1 cm³/mol. The number of nitrogens with two attached hydrogens (primary N) is 1. The molecule has 1 heterocycles. The third-order valence-electron chi connectivity index (χ3n) is 3.13. The zero-order valence-electron chi connectivity index (χ0n) is 11.0. The molecule has 0 unspecified atom stereocenters. The van der Waals surface area contributed by atoms with Crippen molar-refractivity contribution >= 4 is 17.3 Å². The molecule has 0 saturated heterocycles. The molecule has 0 aliphatic heterocycles. The van der Waals surface area contributed by atoms with E-state index in [-0.39, 0.29) is 0 Å². The second-order valence-electron chi connectivity index (χ2n) is 4.57. The minimum absolute atomic E-state index is 0.515.